The smallest absolute Gasteiger partial charge is 0.329 e. The molecule has 0 saturated heterocycles. The molecule has 0 heterocycles. The monoisotopic (exact) mass is 410 g/mol. The zero-order valence-corrected chi connectivity index (χ0v) is 18.6. The van der Waals surface area contributed by atoms with E-state index in [-0.39, 0.29) is 18.3 Å². The molecule has 0 aromatic heterocycles. The molecular weight excluding hydrogens is 372 g/mol. The van der Waals surface area contributed by atoms with E-state index in [1.165, 1.54) is 0 Å². The Balaban J connectivity index is 3.23. The van der Waals surface area contributed by atoms with E-state index in [0.717, 1.165) is 0 Å². The minimum atomic E-state index is -1.69. The topological polar surface area (TPSA) is 92.7 Å². The van der Waals surface area contributed by atoms with Crippen LogP contribution < -0.4 is 0 Å². The van der Waals surface area contributed by atoms with E-state index in [1.54, 1.807) is 0 Å². The lowest BCUT2D eigenvalue weighted by atomic mass is 10.2. The highest BCUT2D eigenvalue weighted by molar-refractivity contribution is 6.74. The maximum absolute atomic E-state index is 10.2. The highest BCUT2D eigenvalue weighted by Gasteiger charge is 2.36. The standard InChI is InChI=1S/C18H38O8Si/c1-18(2,3)27(4,5)26-15-14-24-11-10-22-7-6-21-8-9-23-12-13-25-16-17(19)20/h6-16H2,1-5H3,(H,19,20). The first-order valence-corrected chi connectivity index (χ1v) is 12.3. The second-order valence-corrected chi connectivity index (χ2v) is 12.3. The fourth-order valence-electron chi connectivity index (χ4n) is 1.61. The largest absolute Gasteiger partial charge is 0.480 e. The van der Waals surface area contributed by atoms with E-state index in [4.69, 9.17) is 33.2 Å². The lowest BCUT2D eigenvalue weighted by molar-refractivity contribution is -0.142. The lowest BCUT2D eigenvalue weighted by Gasteiger charge is -2.36. The Bertz CT molecular complexity index is 371. The predicted octanol–water partition coefficient (Wildman–Crippen LogP) is 2.18. The molecule has 8 nitrogen and oxygen atoms in total. The summed E-state index contributed by atoms with van der Waals surface area (Å²) in [5, 5.41) is 8.59. The van der Waals surface area contributed by atoms with Crippen molar-refractivity contribution >= 4 is 14.3 Å². The summed E-state index contributed by atoms with van der Waals surface area (Å²) in [4.78, 5) is 10.2. The Labute approximate surface area is 164 Å². The van der Waals surface area contributed by atoms with Crippen LogP contribution in [0.25, 0.3) is 0 Å². The van der Waals surface area contributed by atoms with Crippen molar-refractivity contribution in [2.24, 2.45) is 0 Å². The van der Waals surface area contributed by atoms with Crippen LogP contribution >= 0.6 is 0 Å². The molecule has 0 saturated carbocycles. The molecule has 0 atom stereocenters. The van der Waals surface area contributed by atoms with Crippen LogP contribution in [0.15, 0.2) is 0 Å². The van der Waals surface area contributed by atoms with Crippen molar-refractivity contribution in [1.82, 2.24) is 0 Å². The molecule has 0 spiro atoms. The third-order valence-corrected chi connectivity index (χ3v) is 8.75. The van der Waals surface area contributed by atoms with Gasteiger partial charge in [-0.15, -0.1) is 0 Å². The van der Waals surface area contributed by atoms with Crippen LogP contribution in [0.1, 0.15) is 20.8 Å². The molecule has 0 aromatic carbocycles. The number of ether oxygens (including phenoxy) is 5. The fourth-order valence-corrected chi connectivity index (χ4v) is 2.64. The molecule has 0 aromatic rings. The van der Waals surface area contributed by atoms with Crippen LogP contribution in [0.2, 0.25) is 18.1 Å². The first-order chi connectivity index (χ1) is 12.7. The summed E-state index contributed by atoms with van der Waals surface area (Å²) in [6.07, 6.45) is 0. The van der Waals surface area contributed by atoms with Crippen molar-refractivity contribution in [3.8, 4) is 0 Å². The molecule has 27 heavy (non-hydrogen) atoms. The van der Waals surface area contributed by atoms with Crippen molar-refractivity contribution in [1.29, 1.82) is 0 Å². The van der Waals surface area contributed by atoms with Crippen molar-refractivity contribution in [2.75, 3.05) is 72.7 Å². The zero-order chi connectivity index (χ0) is 20.6. The summed E-state index contributed by atoms with van der Waals surface area (Å²) in [6.45, 7) is 15.6. The van der Waals surface area contributed by atoms with Crippen LogP contribution in [0, 0.1) is 0 Å². The van der Waals surface area contributed by atoms with Crippen LogP contribution in [-0.4, -0.2) is 92.1 Å². The van der Waals surface area contributed by atoms with Gasteiger partial charge >= 0.3 is 5.97 Å². The maximum Gasteiger partial charge on any atom is 0.329 e. The number of carboxylic acids is 1. The Morgan fingerprint density at radius 3 is 1.37 bits per heavy atom. The van der Waals surface area contributed by atoms with Crippen molar-refractivity contribution < 1.29 is 38.0 Å². The fraction of sp³-hybridized carbons (Fsp3) is 0.944. The maximum atomic E-state index is 10.2. The average molecular weight is 411 g/mol. The Morgan fingerprint density at radius 2 is 1.04 bits per heavy atom. The zero-order valence-electron chi connectivity index (χ0n) is 17.6. The highest BCUT2D eigenvalue weighted by atomic mass is 28.4. The first-order valence-electron chi connectivity index (χ1n) is 9.41. The molecule has 162 valence electrons. The van der Waals surface area contributed by atoms with Crippen LogP contribution in [-0.2, 0) is 32.9 Å². The molecule has 0 aliphatic rings. The molecule has 0 amide bonds. The second kappa shape index (κ2) is 15.4. The van der Waals surface area contributed by atoms with Gasteiger partial charge in [-0.3, -0.25) is 0 Å². The van der Waals surface area contributed by atoms with Gasteiger partial charge in [0, 0.05) is 0 Å². The number of carbonyl (C=O) groups is 1. The van der Waals surface area contributed by atoms with Crippen molar-refractivity contribution in [3.63, 3.8) is 0 Å². The molecule has 0 aliphatic heterocycles. The van der Waals surface area contributed by atoms with E-state index in [0.29, 0.717) is 59.5 Å². The van der Waals surface area contributed by atoms with Gasteiger partial charge in [-0.05, 0) is 18.1 Å². The molecule has 0 aliphatic carbocycles. The predicted molar refractivity (Wildman–Crippen MR) is 105 cm³/mol. The molecule has 0 bridgehead atoms. The molecule has 0 rings (SSSR count). The molecule has 0 fully saturated rings. The van der Waals surface area contributed by atoms with Crippen LogP contribution in [0.4, 0.5) is 0 Å². The van der Waals surface area contributed by atoms with Gasteiger partial charge in [0.05, 0.1) is 66.1 Å². The lowest BCUT2D eigenvalue weighted by Crippen LogP contribution is -2.41. The third kappa shape index (κ3) is 16.1. The van der Waals surface area contributed by atoms with Gasteiger partial charge < -0.3 is 33.2 Å². The summed E-state index contributed by atoms with van der Waals surface area (Å²) >= 11 is 0. The summed E-state index contributed by atoms with van der Waals surface area (Å²) in [5.41, 5.74) is 0. The quantitative estimate of drug-likeness (QED) is 0.271. The number of rotatable bonds is 18. The number of hydrogen-bond acceptors (Lipinski definition) is 7. The highest BCUT2D eigenvalue weighted by Crippen LogP contribution is 2.36. The van der Waals surface area contributed by atoms with Gasteiger partial charge in [0.15, 0.2) is 8.32 Å². The third-order valence-electron chi connectivity index (χ3n) is 4.21. The first kappa shape index (κ1) is 26.4. The summed E-state index contributed by atoms with van der Waals surface area (Å²) in [5.74, 6) is -0.983. The van der Waals surface area contributed by atoms with Gasteiger partial charge in [-0.25, -0.2) is 4.79 Å². The number of aliphatic carboxylic acids is 1. The molecule has 0 radical (unpaired) electrons. The van der Waals surface area contributed by atoms with Crippen LogP contribution in [0.5, 0.6) is 0 Å². The van der Waals surface area contributed by atoms with E-state index in [2.05, 4.69) is 33.9 Å². The van der Waals surface area contributed by atoms with Gasteiger partial charge in [-0.1, -0.05) is 20.8 Å². The van der Waals surface area contributed by atoms with Gasteiger partial charge in [0.2, 0.25) is 0 Å². The van der Waals surface area contributed by atoms with Crippen molar-refractivity contribution in [3.05, 3.63) is 0 Å². The summed E-state index contributed by atoms with van der Waals surface area (Å²) in [7, 11) is -1.69. The van der Waals surface area contributed by atoms with Gasteiger partial charge in [-0.2, -0.15) is 0 Å². The Hall–Kier alpha value is -0.553. The van der Waals surface area contributed by atoms with E-state index in [9.17, 15) is 4.79 Å². The van der Waals surface area contributed by atoms with Gasteiger partial charge in [0.25, 0.3) is 0 Å². The minimum Gasteiger partial charge on any atom is -0.480 e. The summed E-state index contributed by atoms with van der Waals surface area (Å²) in [6, 6.07) is 0. The Morgan fingerprint density at radius 1 is 0.704 bits per heavy atom. The molecule has 9 heteroatoms. The number of hydrogen-bond donors (Lipinski definition) is 1. The van der Waals surface area contributed by atoms with E-state index < -0.39 is 14.3 Å². The second-order valence-electron chi connectivity index (χ2n) is 7.50. The molecular formula is C18H38O8Si. The van der Waals surface area contributed by atoms with E-state index >= 15 is 0 Å². The normalized spacial score (nSPS) is 12.5. The minimum absolute atomic E-state index is 0.218. The Kier molecular flexibility index (Phi) is 15.1. The van der Waals surface area contributed by atoms with E-state index in [1.807, 2.05) is 0 Å². The molecule has 1 N–H and O–H groups in total. The SMILES string of the molecule is CC(C)(C)[Si](C)(C)OCCOCCOCCOCCOCCOCC(=O)O. The molecule has 0 unspecified atom stereocenters. The average Bonchev–Trinajstić information content (AvgIpc) is 2.56. The number of carboxylic acid groups (broad SMARTS) is 1. The van der Waals surface area contributed by atoms with Crippen molar-refractivity contribution in [2.45, 2.75) is 38.9 Å². The van der Waals surface area contributed by atoms with Crippen LogP contribution in [0.3, 0.4) is 0 Å². The summed E-state index contributed by atoms with van der Waals surface area (Å²) < 4.78 is 32.4. The van der Waals surface area contributed by atoms with Gasteiger partial charge in [0.1, 0.15) is 6.61 Å².